The second-order valence-corrected chi connectivity index (χ2v) is 5.49. The SMILES string of the molecule is NC(c1cc2cc(F)ccc2o1)c1ccccc1I. The summed E-state index contributed by atoms with van der Waals surface area (Å²) < 4.78 is 19.9. The Bertz CT molecular complexity index is 738. The van der Waals surface area contributed by atoms with Gasteiger partial charge in [-0.25, -0.2) is 4.39 Å². The molecular weight excluding hydrogens is 356 g/mol. The second-order valence-electron chi connectivity index (χ2n) is 4.33. The van der Waals surface area contributed by atoms with Crippen molar-refractivity contribution in [1.29, 1.82) is 0 Å². The molecule has 2 nitrogen and oxygen atoms in total. The molecule has 4 heteroatoms. The average Bonchev–Trinajstić information content (AvgIpc) is 2.81. The highest BCUT2D eigenvalue weighted by Gasteiger charge is 2.16. The van der Waals surface area contributed by atoms with Crippen molar-refractivity contribution < 1.29 is 8.81 Å². The number of furan rings is 1. The van der Waals surface area contributed by atoms with Crippen LogP contribution in [-0.4, -0.2) is 0 Å². The van der Waals surface area contributed by atoms with Crippen LogP contribution >= 0.6 is 22.6 Å². The Morgan fingerprint density at radius 2 is 1.89 bits per heavy atom. The van der Waals surface area contributed by atoms with Gasteiger partial charge < -0.3 is 10.2 Å². The van der Waals surface area contributed by atoms with Crippen molar-refractivity contribution in [3.05, 3.63) is 69.2 Å². The van der Waals surface area contributed by atoms with Crippen LogP contribution in [0.15, 0.2) is 52.9 Å². The zero-order valence-electron chi connectivity index (χ0n) is 9.94. The van der Waals surface area contributed by atoms with E-state index in [-0.39, 0.29) is 11.9 Å². The van der Waals surface area contributed by atoms with Crippen LogP contribution in [0.5, 0.6) is 0 Å². The van der Waals surface area contributed by atoms with E-state index < -0.39 is 0 Å². The maximum Gasteiger partial charge on any atom is 0.134 e. The van der Waals surface area contributed by atoms with E-state index in [1.807, 2.05) is 24.3 Å². The Labute approximate surface area is 123 Å². The third-order valence-corrected chi connectivity index (χ3v) is 4.03. The number of hydrogen-bond donors (Lipinski definition) is 1. The molecule has 0 aliphatic heterocycles. The van der Waals surface area contributed by atoms with Gasteiger partial charge in [-0.15, -0.1) is 0 Å². The Morgan fingerprint density at radius 1 is 1.11 bits per heavy atom. The molecule has 1 unspecified atom stereocenters. The molecule has 1 aromatic heterocycles. The van der Waals surface area contributed by atoms with Crippen molar-refractivity contribution in [2.45, 2.75) is 6.04 Å². The fraction of sp³-hybridized carbons (Fsp3) is 0.0667. The Kier molecular flexibility index (Phi) is 3.28. The van der Waals surface area contributed by atoms with Gasteiger partial charge in [-0.05, 0) is 58.5 Å². The summed E-state index contributed by atoms with van der Waals surface area (Å²) in [5.41, 5.74) is 7.88. The molecule has 0 fully saturated rings. The van der Waals surface area contributed by atoms with Gasteiger partial charge in [0.2, 0.25) is 0 Å². The molecule has 0 saturated heterocycles. The molecule has 0 spiro atoms. The van der Waals surface area contributed by atoms with Crippen LogP contribution < -0.4 is 5.73 Å². The third kappa shape index (κ3) is 2.37. The predicted octanol–water partition coefficient (Wildman–Crippen LogP) is 4.22. The first-order valence-corrected chi connectivity index (χ1v) is 6.92. The summed E-state index contributed by atoms with van der Waals surface area (Å²) in [6.07, 6.45) is 0. The highest BCUT2D eigenvalue weighted by molar-refractivity contribution is 14.1. The number of benzene rings is 2. The summed E-state index contributed by atoms with van der Waals surface area (Å²) in [5, 5.41) is 0.733. The Hall–Kier alpha value is -1.40. The van der Waals surface area contributed by atoms with Crippen LogP contribution in [-0.2, 0) is 0 Å². The van der Waals surface area contributed by atoms with E-state index in [0.29, 0.717) is 11.3 Å². The molecule has 0 aliphatic carbocycles. The van der Waals surface area contributed by atoms with E-state index in [2.05, 4.69) is 22.6 Å². The highest BCUT2D eigenvalue weighted by atomic mass is 127. The first-order chi connectivity index (χ1) is 9.15. The number of nitrogens with two attached hydrogens (primary N) is 1. The van der Waals surface area contributed by atoms with Gasteiger partial charge in [0.25, 0.3) is 0 Å². The fourth-order valence-corrected chi connectivity index (χ4v) is 2.79. The largest absolute Gasteiger partial charge is 0.459 e. The quantitative estimate of drug-likeness (QED) is 0.689. The first-order valence-electron chi connectivity index (χ1n) is 5.84. The fourth-order valence-electron chi connectivity index (χ4n) is 2.07. The number of halogens is 2. The molecule has 0 saturated carbocycles. The summed E-state index contributed by atoms with van der Waals surface area (Å²) in [7, 11) is 0. The van der Waals surface area contributed by atoms with Crippen molar-refractivity contribution in [2.75, 3.05) is 0 Å². The summed E-state index contributed by atoms with van der Waals surface area (Å²) in [6, 6.07) is 13.8. The van der Waals surface area contributed by atoms with Crippen molar-refractivity contribution in [3.8, 4) is 0 Å². The van der Waals surface area contributed by atoms with Crippen LogP contribution in [0.1, 0.15) is 17.4 Å². The molecule has 1 heterocycles. The zero-order chi connectivity index (χ0) is 13.4. The smallest absolute Gasteiger partial charge is 0.134 e. The maximum absolute atomic E-state index is 13.2. The standard InChI is InChI=1S/C15H11FINO/c16-10-5-6-13-9(7-10)8-14(19-13)15(18)11-3-1-2-4-12(11)17/h1-8,15H,18H2. The lowest BCUT2D eigenvalue weighted by Gasteiger charge is -2.10. The minimum atomic E-state index is -0.344. The monoisotopic (exact) mass is 367 g/mol. The van der Waals surface area contributed by atoms with E-state index in [1.165, 1.54) is 12.1 Å². The lowest BCUT2D eigenvalue weighted by molar-refractivity contribution is 0.524. The molecule has 2 aromatic carbocycles. The lowest BCUT2D eigenvalue weighted by Crippen LogP contribution is -2.12. The summed E-state index contributed by atoms with van der Waals surface area (Å²) in [5.74, 6) is 0.368. The maximum atomic E-state index is 13.2. The van der Waals surface area contributed by atoms with Crippen LogP contribution in [0.4, 0.5) is 4.39 Å². The van der Waals surface area contributed by atoms with E-state index in [4.69, 9.17) is 10.2 Å². The average molecular weight is 367 g/mol. The van der Waals surface area contributed by atoms with Gasteiger partial charge >= 0.3 is 0 Å². The summed E-state index contributed by atoms with van der Waals surface area (Å²) >= 11 is 2.24. The van der Waals surface area contributed by atoms with Gasteiger partial charge in [0.15, 0.2) is 0 Å². The van der Waals surface area contributed by atoms with Gasteiger partial charge in [-0.2, -0.15) is 0 Å². The highest BCUT2D eigenvalue weighted by Crippen LogP contribution is 2.29. The van der Waals surface area contributed by atoms with Crippen LogP contribution in [0, 0.1) is 9.39 Å². The zero-order valence-corrected chi connectivity index (χ0v) is 12.1. The van der Waals surface area contributed by atoms with E-state index in [9.17, 15) is 4.39 Å². The lowest BCUT2D eigenvalue weighted by atomic mass is 10.1. The Morgan fingerprint density at radius 3 is 2.68 bits per heavy atom. The molecule has 96 valence electrons. The second kappa shape index (κ2) is 4.94. The van der Waals surface area contributed by atoms with Crippen LogP contribution in [0.3, 0.4) is 0 Å². The Balaban J connectivity index is 2.07. The van der Waals surface area contributed by atoms with Crippen LogP contribution in [0.25, 0.3) is 11.0 Å². The predicted molar refractivity (Wildman–Crippen MR) is 81.4 cm³/mol. The third-order valence-electron chi connectivity index (χ3n) is 3.04. The minimum absolute atomic E-state index is 0.275. The molecule has 0 bridgehead atoms. The van der Waals surface area contributed by atoms with E-state index in [0.717, 1.165) is 14.5 Å². The normalized spacial score (nSPS) is 12.8. The van der Waals surface area contributed by atoms with E-state index in [1.54, 1.807) is 12.1 Å². The molecule has 1 atom stereocenters. The number of rotatable bonds is 2. The topological polar surface area (TPSA) is 39.2 Å². The molecule has 3 aromatic rings. The molecular formula is C15H11FINO. The number of hydrogen-bond acceptors (Lipinski definition) is 2. The number of fused-ring (bicyclic) bond motifs is 1. The van der Waals surface area contributed by atoms with Crippen molar-refractivity contribution >= 4 is 33.6 Å². The molecule has 0 radical (unpaired) electrons. The van der Waals surface area contributed by atoms with E-state index >= 15 is 0 Å². The van der Waals surface area contributed by atoms with Gasteiger partial charge in [0, 0.05) is 8.96 Å². The molecule has 19 heavy (non-hydrogen) atoms. The van der Waals surface area contributed by atoms with Gasteiger partial charge in [-0.3, -0.25) is 0 Å². The molecule has 0 aliphatic rings. The first kappa shape index (κ1) is 12.6. The molecule has 3 rings (SSSR count). The van der Waals surface area contributed by atoms with Gasteiger partial charge in [0.1, 0.15) is 17.2 Å². The molecule has 0 amide bonds. The minimum Gasteiger partial charge on any atom is -0.459 e. The van der Waals surface area contributed by atoms with Crippen molar-refractivity contribution in [2.24, 2.45) is 5.73 Å². The molecule has 2 N–H and O–H groups in total. The summed E-state index contributed by atoms with van der Waals surface area (Å²) in [4.78, 5) is 0. The van der Waals surface area contributed by atoms with Crippen molar-refractivity contribution in [3.63, 3.8) is 0 Å². The van der Waals surface area contributed by atoms with Crippen LogP contribution in [0.2, 0.25) is 0 Å². The summed E-state index contributed by atoms with van der Waals surface area (Å²) in [6.45, 7) is 0. The van der Waals surface area contributed by atoms with Gasteiger partial charge in [0.05, 0.1) is 6.04 Å². The van der Waals surface area contributed by atoms with Crippen molar-refractivity contribution in [1.82, 2.24) is 0 Å². The van der Waals surface area contributed by atoms with Gasteiger partial charge in [-0.1, -0.05) is 18.2 Å².